The second-order valence-electron chi connectivity index (χ2n) is 5.30. The molecule has 2 aromatic carbocycles. The van der Waals surface area contributed by atoms with Crippen molar-refractivity contribution in [3.63, 3.8) is 0 Å². The lowest BCUT2D eigenvalue weighted by Crippen LogP contribution is -2.13. The largest absolute Gasteiger partial charge is 0.319 e. The van der Waals surface area contributed by atoms with Crippen molar-refractivity contribution in [1.82, 2.24) is 4.57 Å². The van der Waals surface area contributed by atoms with Crippen molar-refractivity contribution in [3.8, 4) is 0 Å². The van der Waals surface area contributed by atoms with E-state index in [2.05, 4.69) is 46.9 Å². The van der Waals surface area contributed by atoms with Crippen LogP contribution in [0.15, 0.2) is 45.9 Å². The van der Waals surface area contributed by atoms with Crippen LogP contribution < -0.4 is 4.80 Å². The lowest BCUT2D eigenvalue weighted by atomic mass is 10.1. The van der Waals surface area contributed by atoms with Crippen LogP contribution in [0.4, 0.5) is 0 Å². The predicted molar refractivity (Wildman–Crippen MR) is 94.3 cm³/mol. The lowest BCUT2D eigenvalue weighted by molar-refractivity contribution is 0.0998. The molecule has 0 spiro atoms. The molecular formula is C17H15BrN2OS. The molecule has 1 aromatic heterocycles. The Morgan fingerprint density at radius 1 is 1.18 bits per heavy atom. The third-order valence-corrected chi connectivity index (χ3v) is 5.34. The fourth-order valence-corrected chi connectivity index (χ4v) is 3.75. The van der Waals surface area contributed by atoms with Gasteiger partial charge in [0.25, 0.3) is 5.91 Å². The molecule has 0 atom stereocenters. The van der Waals surface area contributed by atoms with Gasteiger partial charge in [-0.2, -0.15) is 4.99 Å². The Morgan fingerprint density at radius 3 is 2.55 bits per heavy atom. The second kappa shape index (κ2) is 5.82. The molecule has 3 rings (SSSR count). The summed E-state index contributed by atoms with van der Waals surface area (Å²) < 4.78 is 4.11. The number of carbonyl (C=O) groups is 1. The van der Waals surface area contributed by atoms with Gasteiger partial charge in [0.2, 0.25) is 0 Å². The van der Waals surface area contributed by atoms with Crippen molar-refractivity contribution in [2.75, 3.05) is 0 Å². The molecule has 0 N–H and O–H groups in total. The molecule has 0 saturated carbocycles. The number of carbonyl (C=O) groups excluding carboxylic acids is 1. The molecule has 0 aliphatic rings. The van der Waals surface area contributed by atoms with E-state index in [1.54, 1.807) is 23.5 Å². The fraction of sp³-hybridized carbons (Fsp3) is 0.176. The number of aryl methyl sites for hydroxylation is 3. The van der Waals surface area contributed by atoms with Crippen molar-refractivity contribution < 1.29 is 4.79 Å². The number of hydrogen-bond donors (Lipinski definition) is 0. The van der Waals surface area contributed by atoms with Gasteiger partial charge in [-0.15, -0.1) is 0 Å². The highest BCUT2D eigenvalue weighted by molar-refractivity contribution is 9.10. The average Bonchev–Trinajstić information content (AvgIpc) is 2.77. The summed E-state index contributed by atoms with van der Waals surface area (Å²) in [6.07, 6.45) is 0. The smallest absolute Gasteiger partial charge is 0.279 e. The van der Waals surface area contributed by atoms with Crippen LogP contribution in [-0.4, -0.2) is 10.5 Å². The SMILES string of the molecule is Cc1cc(C)c2sc(=NC(=O)c3ccc(Br)cc3)n(C)c2c1. The summed E-state index contributed by atoms with van der Waals surface area (Å²) in [7, 11) is 1.95. The van der Waals surface area contributed by atoms with E-state index in [9.17, 15) is 4.79 Å². The van der Waals surface area contributed by atoms with Gasteiger partial charge in [0.15, 0.2) is 4.80 Å². The second-order valence-corrected chi connectivity index (χ2v) is 7.19. The molecule has 0 aliphatic carbocycles. The van der Waals surface area contributed by atoms with E-state index in [0.29, 0.717) is 5.56 Å². The summed E-state index contributed by atoms with van der Waals surface area (Å²) in [5.74, 6) is -0.218. The van der Waals surface area contributed by atoms with Gasteiger partial charge in [-0.3, -0.25) is 4.79 Å². The van der Waals surface area contributed by atoms with Crippen molar-refractivity contribution >= 4 is 43.4 Å². The van der Waals surface area contributed by atoms with Crippen LogP contribution in [0.3, 0.4) is 0 Å². The Balaban J connectivity index is 2.13. The zero-order valence-corrected chi connectivity index (χ0v) is 15.0. The molecule has 0 saturated heterocycles. The molecule has 3 aromatic rings. The Bertz CT molecular complexity index is 936. The Kier molecular flexibility index (Phi) is 4.02. The molecule has 1 amide bonds. The third kappa shape index (κ3) is 2.78. The highest BCUT2D eigenvalue weighted by atomic mass is 79.9. The summed E-state index contributed by atoms with van der Waals surface area (Å²) in [4.78, 5) is 17.3. The van der Waals surface area contributed by atoms with E-state index in [1.165, 1.54) is 15.8 Å². The third-order valence-electron chi connectivity index (χ3n) is 3.53. The van der Waals surface area contributed by atoms with Crippen LogP contribution in [-0.2, 0) is 7.05 Å². The molecule has 0 unspecified atom stereocenters. The molecule has 22 heavy (non-hydrogen) atoms. The molecule has 112 valence electrons. The first-order valence-corrected chi connectivity index (χ1v) is 8.48. The number of rotatable bonds is 1. The summed E-state index contributed by atoms with van der Waals surface area (Å²) in [5.41, 5.74) is 4.13. The van der Waals surface area contributed by atoms with E-state index in [1.807, 2.05) is 23.7 Å². The van der Waals surface area contributed by atoms with E-state index in [4.69, 9.17) is 0 Å². The van der Waals surface area contributed by atoms with Gasteiger partial charge in [0.05, 0.1) is 10.2 Å². The maximum absolute atomic E-state index is 12.3. The van der Waals surface area contributed by atoms with Gasteiger partial charge < -0.3 is 4.57 Å². The minimum atomic E-state index is -0.218. The number of fused-ring (bicyclic) bond motifs is 1. The first-order valence-electron chi connectivity index (χ1n) is 6.87. The minimum Gasteiger partial charge on any atom is -0.319 e. The van der Waals surface area contributed by atoms with E-state index >= 15 is 0 Å². The number of hydrogen-bond acceptors (Lipinski definition) is 2. The number of aromatic nitrogens is 1. The quantitative estimate of drug-likeness (QED) is 0.622. The van der Waals surface area contributed by atoms with Crippen LogP contribution in [0.5, 0.6) is 0 Å². The standard InChI is InChI=1S/C17H15BrN2OS/c1-10-8-11(2)15-14(9-10)20(3)17(22-15)19-16(21)12-4-6-13(18)7-5-12/h4-9H,1-3H3. The van der Waals surface area contributed by atoms with E-state index < -0.39 is 0 Å². The first-order chi connectivity index (χ1) is 10.5. The summed E-state index contributed by atoms with van der Waals surface area (Å²) in [6.45, 7) is 4.17. The van der Waals surface area contributed by atoms with Crippen molar-refractivity contribution in [3.05, 3.63) is 62.4 Å². The number of thiazole rings is 1. The maximum Gasteiger partial charge on any atom is 0.279 e. The molecule has 3 nitrogen and oxygen atoms in total. The van der Waals surface area contributed by atoms with Crippen LogP contribution in [0.2, 0.25) is 0 Å². The predicted octanol–water partition coefficient (Wildman–Crippen LogP) is 4.36. The highest BCUT2D eigenvalue weighted by Gasteiger charge is 2.09. The Hall–Kier alpha value is -1.72. The Morgan fingerprint density at radius 2 is 1.86 bits per heavy atom. The van der Waals surface area contributed by atoms with Crippen LogP contribution >= 0.6 is 27.3 Å². The average molecular weight is 375 g/mol. The van der Waals surface area contributed by atoms with Gasteiger partial charge >= 0.3 is 0 Å². The Labute approximate surface area is 141 Å². The topological polar surface area (TPSA) is 34.4 Å². The number of nitrogens with zero attached hydrogens (tertiary/aromatic N) is 2. The van der Waals surface area contributed by atoms with E-state index in [-0.39, 0.29) is 5.91 Å². The van der Waals surface area contributed by atoms with Gasteiger partial charge in [0, 0.05) is 17.1 Å². The fourth-order valence-electron chi connectivity index (χ4n) is 2.42. The molecular weight excluding hydrogens is 360 g/mol. The summed E-state index contributed by atoms with van der Waals surface area (Å²) in [5, 5.41) is 0. The van der Waals surface area contributed by atoms with Crippen LogP contribution in [0, 0.1) is 13.8 Å². The number of benzene rings is 2. The van der Waals surface area contributed by atoms with Crippen LogP contribution in [0.1, 0.15) is 21.5 Å². The van der Waals surface area contributed by atoms with Crippen molar-refractivity contribution in [2.24, 2.45) is 12.0 Å². The number of amides is 1. The van der Waals surface area contributed by atoms with E-state index in [0.717, 1.165) is 14.8 Å². The zero-order chi connectivity index (χ0) is 15.9. The van der Waals surface area contributed by atoms with Gasteiger partial charge in [0.1, 0.15) is 0 Å². The van der Waals surface area contributed by atoms with Crippen molar-refractivity contribution in [2.45, 2.75) is 13.8 Å². The molecule has 0 fully saturated rings. The molecule has 1 heterocycles. The number of halogens is 1. The minimum absolute atomic E-state index is 0.218. The van der Waals surface area contributed by atoms with Crippen molar-refractivity contribution in [1.29, 1.82) is 0 Å². The van der Waals surface area contributed by atoms with Crippen LogP contribution in [0.25, 0.3) is 10.2 Å². The molecule has 0 radical (unpaired) electrons. The normalized spacial score (nSPS) is 12.1. The van der Waals surface area contributed by atoms with Gasteiger partial charge in [-0.05, 0) is 55.3 Å². The summed E-state index contributed by atoms with van der Waals surface area (Å²) in [6, 6.07) is 11.5. The molecule has 0 bridgehead atoms. The maximum atomic E-state index is 12.3. The monoisotopic (exact) mass is 374 g/mol. The zero-order valence-electron chi connectivity index (χ0n) is 12.6. The molecule has 5 heteroatoms. The molecule has 0 aliphatic heterocycles. The first kappa shape index (κ1) is 15.2. The van der Waals surface area contributed by atoms with Gasteiger partial charge in [-0.25, -0.2) is 0 Å². The summed E-state index contributed by atoms with van der Waals surface area (Å²) >= 11 is 4.92. The lowest BCUT2D eigenvalue weighted by Gasteiger charge is -2.00. The highest BCUT2D eigenvalue weighted by Crippen LogP contribution is 2.22. The van der Waals surface area contributed by atoms with Gasteiger partial charge in [-0.1, -0.05) is 33.3 Å².